The molecule has 10 heteroatoms. The largest absolute Gasteiger partial charge is 0.508 e. The van der Waals surface area contributed by atoms with Gasteiger partial charge in [-0.1, -0.05) is 30.8 Å². The van der Waals surface area contributed by atoms with E-state index in [0.29, 0.717) is 44.7 Å². The highest BCUT2D eigenvalue weighted by atomic mass is 16.5. The van der Waals surface area contributed by atoms with Crippen molar-refractivity contribution in [3.63, 3.8) is 0 Å². The Morgan fingerprint density at radius 1 is 1.16 bits per heavy atom. The fourth-order valence-corrected chi connectivity index (χ4v) is 6.57. The third kappa shape index (κ3) is 5.60. The number of rotatable bonds is 8. The van der Waals surface area contributed by atoms with Crippen molar-refractivity contribution in [1.29, 1.82) is 5.26 Å². The fraction of sp³-hybridized carbons (Fsp3) is 0.394. The van der Waals surface area contributed by atoms with E-state index in [1.54, 1.807) is 11.0 Å². The molecule has 1 amide bonds. The first-order valence-electron chi connectivity index (χ1n) is 14.8. The van der Waals surface area contributed by atoms with Crippen LogP contribution in [0.1, 0.15) is 30.4 Å². The van der Waals surface area contributed by atoms with Crippen LogP contribution in [0.5, 0.6) is 11.8 Å². The highest BCUT2D eigenvalue weighted by molar-refractivity contribution is 5.92. The van der Waals surface area contributed by atoms with E-state index in [4.69, 9.17) is 14.7 Å². The van der Waals surface area contributed by atoms with Crippen LogP contribution in [0.3, 0.4) is 0 Å². The Hall–Kier alpha value is -4.62. The van der Waals surface area contributed by atoms with Gasteiger partial charge >= 0.3 is 6.01 Å². The van der Waals surface area contributed by atoms with Gasteiger partial charge in [-0.05, 0) is 61.0 Å². The van der Waals surface area contributed by atoms with E-state index < -0.39 is 0 Å². The second-order valence-corrected chi connectivity index (χ2v) is 11.6. The van der Waals surface area contributed by atoms with Crippen LogP contribution in [-0.2, 0) is 18.3 Å². The molecule has 2 aromatic heterocycles. The number of likely N-dealkylation sites (N-methyl/N-ethyl adjacent to an activating group) is 1. The number of hydrogen-bond donors (Lipinski definition) is 1. The summed E-state index contributed by atoms with van der Waals surface area (Å²) in [7, 11) is 4.10. The zero-order valence-electron chi connectivity index (χ0n) is 24.7. The lowest BCUT2D eigenvalue weighted by Crippen LogP contribution is -2.55. The molecule has 0 saturated carbocycles. The summed E-state index contributed by atoms with van der Waals surface area (Å²) >= 11 is 0. The standard InChI is InChI=1S/C33H37N7O3/c1-4-29(42)40-15-14-39(20-25(40)11-12-34)32-31-30(35-33(36-32)43-21-26-9-7-13-37(26)2)24(19-38(31)3)16-23-18-27(41)17-22-8-5-6-10-28(22)23/h4-6,8,10,17-19,25-26,41H,1,7,9,11,13-16,20-21H2,2-3H3. The molecule has 2 aromatic carbocycles. The molecule has 6 rings (SSSR count). The number of anilines is 1. The summed E-state index contributed by atoms with van der Waals surface area (Å²) < 4.78 is 8.33. The van der Waals surface area contributed by atoms with E-state index in [9.17, 15) is 15.2 Å². The Labute approximate surface area is 251 Å². The van der Waals surface area contributed by atoms with E-state index in [-0.39, 0.29) is 24.1 Å². The molecule has 43 heavy (non-hydrogen) atoms. The number of ether oxygens (including phenoxy) is 1. The van der Waals surface area contributed by atoms with Gasteiger partial charge in [0.1, 0.15) is 23.4 Å². The molecule has 0 bridgehead atoms. The first-order chi connectivity index (χ1) is 20.9. The Bertz CT molecular complexity index is 1730. The molecule has 10 nitrogen and oxygen atoms in total. The summed E-state index contributed by atoms with van der Waals surface area (Å²) in [6.07, 6.45) is 6.37. The highest BCUT2D eigenvalue weighted by Crippen LogP contribution is 2.34. The number of aromatic nitrogens is 3. The van der Waals surface area contributed by atoms with Crippen molar-refractivity contribution in [2.45, 2.75) is 37.8 Å². The quantitative estimate of drug-likeness (QED) is 0.312. The molecule has 2 unspecified atom stereocenters. The SMILES string of the molecule is C=CC(=O)N1CCN(c2nc(OCC3CCCN3C)nc3c(Cc4cc(O)cc5ccccc45)cn(C)c23)CC1CC#N. The highest BCUT2D eigenvalue weighted by Gasteiger charge is 2.32. The number of hydrogen-bond acceptors (Lipinski definition) is 8. The molecule has 222 valence electrons. The molecule has 2 aliphatic heterocycles. The van der Waals surface area contributed by atoms with Gasteiger partial charge in [0.25, 0.3) is 0 Å². The number of aromatic hydroxyl groups is 1. The first kappa shape index (κ1) is 28.5. The number of phenols is 1. The Kier molecular flexibility index (Phi) is 7.91. The minimum Gasteiger partial charge on any atom is -0.508 e. The summed E-state index contributed by atoms with van der Waals surface area (Å²) in [4.78, 5) is 28.6. The molecule has 1 N–H and O–H groups in total. The summed E-state index contributed by atoms with van der Waals surface area (Å²) in [6, 6.07) is 14.2. The summed E-state index contributed by atoms with van der Waals surface area (Å²) in [5.74, 6) is 0.782. The van der Waals surface area contributed by atoms with Crippen molar-refractivity contribution in [3.8, 4) is 17.8 Å². The number of nitrogens with zero attached hydrogens (tertiary/aromatic N) is 7. The van der Waals surface area contributed by atoms with E-state index in [0.717, 1.165) is 58.1 Å². The average Bonchev–Trinajstić information content (AvgIpc) is 3.56. The first-order valence-corrected chi connectivity index (χ1v) is 14.8. The summed E-state index contributed by atoms with van der Waals surface area (Å²) in [6.45, 7) is 6.66. The van der Waals surface area contributed by atoms with Crippen LogP contribution in [0.4, 0.5) is 5.82 Å². The molecule has 0 radical (unpaired) electrons. The van der Waals surface area contributed by atoms with Crippen LogP contribution in [-0.4, -0.2) is 87.3 Å². The van der Waals surface area contributed by atoms with Crippen LogP contribution in [0.25, 0.3) is 21.8 Å². The predicted molar refractivity (Wildman–Crippen MR) is 166 cm³/mol. The van der Waals surface area contributed by atoms with Crippen LogP contribution in [0.2, 0.25) is 0 Å². The van der Waals surface area contributed by atoms with Crippen LogP contribution in [0, 0.1) is 11.3 Å². The summed E-state index contributed by atoms with van der Waals surface area (Å²) in [5, 5.41) is 22.1. The lowest BCUT2D eigenvalue weighted by Gasteiger charge is -2.41. The number of fused-ring (bicyclic) bond motifs is 2. The minimum atomic E-state index is -0.288. The van der Waals surface area contributed by atoms with E-state index in [1.807, 2.05) is 35.9 Å². The molecule has 0 aliphatic carbocycles. The molecular formula is C33H37N7O3. The molecular weight excluding hydrogens is 542 g/mol. The maximum absolute atomic E-state index is 12.6. The van der Waals surface area contributed by atoms with Crippen molar-refractivity contribution in [2.75, 3.05) is 44.7 Å². The monoisotopic (exact) mass is 579 g/mol. The van der Waals surface area contributed by atoms with Gasteiger partial charge in [-0.3, -0.25) is 4.79 Å². The molecule has 2 fully saturated rings. The number of nitriles is 1. The van der Waals surface area contributed by atoms with Gasteiger partial charge in [0.05, 0.1) is 18.5 Å². The van der Waals surface area contributed by atoms with E-state index in [1.165, 1.54) is 6.08 Å². The van der Waals surface area contributed by atoms with Gasteiger partial charge in [-0.15, -0.1) is 0 Å². The maximum atomic E-state index is 12.6. The maximum Gasteiger partial charge on any atom is 0.319 e. The van der Waals surface area contributed by atoms with Crippen molar-refractivity contribution in [1.82, 2.24) is 24.3 Å². The number of phenolic OH excluding ortho intramolecular Hbond substituents is 1. The summed E-state index contributed by atoms with van der Waals surface area (Å²) in [5.41, 5.74) is 3.65. The van der Waals surface area contributed by atoms with Gasteiger partial charge < -0.3 is 29.1 Å². The zero-order valence-corrected chi connectivity index (χ0v) is 24.7. The van der Waals surface area contributed by atoms with Gasteiger partial charge in [-0.25, -0.2) is 0 Å². The Morgan fingerprint density at radius 2 is 2.00 bits per heavy atom. The second kappa shape index (κ2) is 11.9. The van der Waals surface area contributed by atoms with E-state index in [2.05, 4.69) is 41.8 Å². The molecule has 4 aromatic rings. The number of piperazine rings is 1. The normalized spacial score (nSPS) is 19.2. The van der Waals surface area contributed by atoms with Gasteiger partial charge in [0.2, 0.25) is 5.91 Å². The Morgan fingerprint density at radius 3 is 2.77 bits per heavy atom. The van der Waals surface area contributed by atoms with Crippen molar-refractivity contribution < 1.29 is 14.6 Å². The number of carbonyl (C=O) groups excluding carboxylic acids is 1. The second-order valence-electron chi connectivity index (χ2n) is 11.6. The topological polar surface area (TPSA) is 111 Å². The smallest absolute Gasteiger partial charge is 0.319 e. The zero-order chi connectivity index (χ0) is 30.1. The van der Waals surface area contributed by atoms with Gasteiger partial charge in [0, 0.05) is 50.9 Å². The van der Waals surface area contributed by atoms with Crippen LogP contribution < -0.4 is 9.64 Å². The minimum absolute atomic E-state index is 0.170. The van der Waals surface area contributed by atoms with Gasteiger partial charge in [-0.2, -0.15) is 15.2 Å². The van der Waals surface area contributed by atoms with Crippen molar-refractivity contribution in [3.05, 3.63) is 66.4 Å². The number of amides is 1. The van der Waals surface area contributed by atoms with E-state index >= 15 is 0 Å². The lowest BCUT2D eigenvalue weighted by atomic mass is 9.99. The molecule has 2 saturated heterocycles. The van der Waals surface area contributed by atoms with Crippen molar-refractivity contribution >= 4 is 33.5 Å². The van der Waals surface area contributed by atoms with Crippen LogP contribution in [0.15, 0.2) is 55.3 Å². The van der Waals surface area contributed by atoms with Crippen molar-refractivity contribution in [2.24, 2.45) is 7.05 Å². The molecule has 4 heterocycles. The predicted octanol–water partition coefficient (Wildman–Crippen LogP) is 4.01. The Balaban J connectivity index is 1.42. The van der Waals surface area contributed by atoms with Crippen LogP contribution >= 0.6 is 0 Å². The average molecular weight is 580 g/mol. The molecule has 2 aliphatic rings. The molecule has 2 atom stereocenters. The third-order valence-corrected chi connectivity index (χ3v) is 8.81. The number of aryl methyl sites for hydroxylation is 1. The number of carbonyl (C=O) groups is 1. The van der Waals surface area contributed by atoms with Gasteiger partial charge in [0.15, 0.2) is 5.82 Å². The number of benzene rings is 2. The molecule has 0 spiro atoms. The third-order valence-electron chi connectivity index (χ3n) is 8.81. The number of likely N-dealkylation sites (tertiary alicyclic amines) is 1. The fourth-order valence-electron chi connectivity index (χ4n) is 6.57. The lowest BCUT2D eigenvalue weighted by molar-refractivity contribution is -0.128.